The van der Waals surface area contributed by atoms with E-state index in [2.05, 4.69) is 23.7 Å². The molecule has 19 heavy (non-hydrogen) atoms. The molecule has 1 aromatic carbocycles. The summed E-state index contributed by atoms with van der Waals surface area (Å²) in [6.45, 7) is 5.36. The second-order valence-corrected chi connectivity index (χ2v) is 5.22. The number of aliphatic hydroxyl groups is 1. The van der Waals surface area contributed by atoms with Gasteiger partial charge in [-0.1, -0.05) is 24.8 Å². The lowest BCUT2D eigenvalue weighted by Crippen LogP contribution is -2.19. The van der Waals surface area contributed by atoms with Crippen molar-refractivity contribution >= 4 is 0 Å². The summed E-state index contributed by atoms with van der Waals surface area (Å²) < 4.78 is 13.6. The highest BCUT2D eigenvalue weighted by Crippen LogP contribution is 2.19. The van der Waals surface area contributed by atoms with Gasteiger partial charge in [-0.05, 0) is 36.6 Å². The minimum atomic E-state index is -0.288. The van der Waals surface area contributed by atoms with E-state index in [0.29, 0.717) is 12.0 Å². The van der Waals surface area contributed by atoms with Crippen LogP contribution in [0.25, 0.3) is 0 Å². The maximum atomic E-state index is 13.6. The molecule has 0 radical (unpaired) electrons. The number of hydrogen-bond donors (Lipinski definition) is 1. The summed E-state index contributed by atoms with van der Waals surface area (Å²) in [5.74, 6) is 6.02. The Labute approximate surface area is 114 Å². The smallest absolute Gasteiger partial charge is 0.138 e. The van der Waals surface area contributed by atoms with E-state index < -0.39 is 0 Å². The molecule has 1 fully saturated rings. The van der Waals surface area contributed by atoms with Crippen LogP contribution in [0, 0.1) is 23.6 Å². The molecule has 2 nitrogen and oxygen atoms in total. The van der Waals surface area contributed by atoms with Gasteiger partial charge < -0.3 is 5.11 Å². The quantitative estimate of drug-likeness (QED) is 0.845. The predicted octanol–water partition coefficient (Wildman–Crippen LogP) is 2.40. The van der Waals surface area contributed by atoms with Crippen molar-refractivity contribution in [3.63, 3.8) is 0 Å². The molecule has 0 spiro atoms. The van der Waals surface area contributed by atoms with E-state index in [1.807, 2.05) is 12.1 Å². The molecule has 1 aliphatic heterocycles. The van der Waals surface area contributed by atoms with Gasteiger partial charge in [-0.25, -0.2) is 4.39 Å². The third-order valence-corrected chi connectivity index (χ3v) is 3.40. The summed E-state index contributed by atoms with van der Waals surface area (Å²) in [5, 5.41) is 8.68. The van der Waals surface area contributed by atoms with Crippen molar-refractivity contribution in [2.45, 2.75) is 26.3 Å². The van der Waals surface area contributed by atoms with E-state index in [9.17, 15) is 4.39 Å². The van der Waals surface area contributed by atoms with Crippen molar-refractivity contribution in [3.8, 4) is 11.8 Å². The van der Waals surface area contributed by atoms with Crippen LogP contribution in [0.5, 0.6) is 0 Å². The molecule has 2 rings (SSSR count). The highest BCUT2D eigenvalue weighted by molar-refractivity contribution is 5.38. The molecule has 1 N–H and O–H groups in total. The first-order chi connectivity index (χ1) is 9.19. The van der Waals surface area contributed by atoms with E-state index in [4.69, 9.17) is 5.11 Å². The minimum absolute atomic E-state index is 0.0139. The maximum Gasteiger partial charge on any atom is 0.138 e. The molecule has 0 amide bonds. The van der Waals surface area contributed by atoms with E-state index in [-0.39, 0.29) is 12.4 Å². The summed E-state index contributed by atoms with van der Waals surface area (Å²) >= 11 is 0. The van der Waals surface area contributed by atoms with Crippen molar-refractivity contribution in [1.82, 2.24) is 4.90 Å². The zero-order valence-corrected chi connectivity index (χ0v) is 11.3. The van der Waals surface area contributed by atoms with Gasteiger partial charge in [-0.15, -0.1) is 0 Å². The van der Waals surface area contributed by atoms with Gasteiger partial charge in [-0.3, -0.25) is 4.90 Å². The molecule has 0 aliphatic carbocycles. The first-order valence-corrected chi connectivity index (χ1v) is 6.79. The van der Waals surface area contributed by atoms with Gasteiger partial charge in [0, 0.05) is 19.5 Å². The van der Waals surface area contributed by atoms with Crippen LogP contribution in [0.3, 0.4) is 0 Å². The molecule has 1 aromatic rings. The third-order valence-electron chi connectivity index (χ3n) is 3.40. The highest BCUT2D eigenvalue weighted by atomic mass is 19.1. The fourth-order valence-electron chi connectivity index (χ4n) is 2.41. The zero-order valence-electron chi connectivity index (χ0n) is 11.3. The lowest BCUT2D eigenvalue weighted by atomic mass is 10.1. The molecular formula is C16H20FNO. The summed E-state index contributed by atoms with van der Waals surface area (Å²) in [6.07, 6.45) is 1.62. The Morgan fingerprint density at radius 3 is 3.00 bits per heavy atom. The fraction of sp³-hybridized carbons (Fsp3) is 0.500. The number of hydrogen-bond acceptors (Lipinski definition) is 2. The number of halogens is 1. The van der Waals surface area contributed by atoms with Crippen molar-refractivity contribution < 1.29 is 9.50 Å². The van der Waals surface area contributed by atoms with Crippen LogP contribution in [0.1, 0.15) is 30.9 Å². The van der Waals surface area contributed by atoms with E-state index in [1.165, 1.54) is 12.5 Å². The molecular weight excluding hydrogens is 241 g/mol. The Bertz CT molecular complexity index is 489. The first-order valence-electron chi connectivity index (χ1n) is 6.79. The second-order valence-electron chi connectivity index (χ2n) is 5.22. The topological polar surface area (TPSA) is 23.5 Å². The van der Waals surface area contributed by atoms with Crippen molar-refractivity contribution in [1.29, 1.82) is 0 Å². The Balaban J connectivity index is 2.06. The Morgan fingerprint density at radius 2 is 2.32 bits per heavy atom. The Hall–Kier alpha value is -1.37. The summed E-state index contributed by atoms with van der Waals surface area (Å²) in [7, 11) is 0. The zero-order chi connectivity index (χ0) is 13.7. The van der Waals surface area contributed by atoms with Gasteiger partial charge in [0.1, 0.15) is 5.82 Å². The molecule has 0 bridgehead atoms. The van der Waals surface area contributed by atoms with Gasteiger partial charge in [0.25, 0.3) is 0 Å². The number of nitrogens with zero attached hydrogens (tertiary/aromatic N) is 1. The molecule has 3 heteroatoms. The first kappa shape index (κ1) is 14.0. The third kappa shape index (κ3) is 4.05. The van der Waals surface area contributed by atoms with Gasteiger partial charge in [0.2, 0.25) is 0 Å². The summed E-state index contributed by atoms with van der Waals surface area (Å²) in [6, 6.07) is 5.13. The molecule has 0 aromatic heterocycles. The number of benzene rings is 1. The fourth-order valence-corrected chi connectivity index (χ4v) is 2.41. The standard InChI is InChI=1S/C16H20FNO/c1-13-7-8-18(11-13)12-14-5-6-16(17)15(10-14)4-2-3-9-19/h5-6,10,13,19H,3,7-9,11-12H2,1H3. The van der Waals surface area contributed by atoms with Crippen molar-refractivity contribution in [2.24, 2.45) is 5.92 Å². The minimum Gasteiger partial charge on any atom is -0.395 e. The number of likely N-dealkylation sites (tertiary alicyclic amines) is 1. The summed E-state index contributed by atoms with van der Waals surface area (Å²) in [5.41, 5.74) is 1.53. The van der Waals surface area contributed by atoms with E-state index >= 15 is 0 Å². The molecule has 1 atom stereocenters. The van der Waals surface area contributed by atoms with Crippen LogP contribution in [0.15, 0.2) is 18.2 Å². The largest absolute Gasteiger partial charge is 0.395 e. The molecule has 102 valence electrons. The lowest BCUT2D eigenvalue weighted by molar-refractivity contribution is 0.305. The lowest BCUT2D eigenvalue weighted by Gasteiger charge is -2.15. The predicted molar refractivity (Wildman–Crippen MR) is 74.0 cm³/mol. The maximum absolute atomic E-state index is 13.6. The van der Waals surface area contributed by atoms with Crippen LogP contribution in [0.4, 0.5) is 4.39 Å². The average Bonchev–Trinajstić information content (AvgIpc) is 2.79. The molecule has 1 saturated heterocycles. The Morgan fingerprint density at radius 1 is 1.47 bits per heavy atom. The molecule has 1 heterocycles. The van der Waals surface area contributed by atoms with Crippen LogP contribution in [-0.2, 0) is 6.54 Å². The highest BCUT2D eigenvalue weighted by Gasteiger charge is 2.18. The van der Waals surface area contributed by atoms with Crippen molar-refractivity contribution in [2.75, 3.05) is 19.7 Å². The van der Waals surface area contributed by atoms with Crippen molar-refractivity contribution in [3.05, 3.63) is 35.1 Å². The van der Waals surface area contributed by atoms with E-state index in [0.717, 1.165) is 31.1 Å². The van der Waals surface area contributed by atoms with Gasteiger partial charge in [0.15, 0.2) is 0 Å². The van der Waals surface area contributed by atoms with Crippen LogP contribution >= 0.6 is 0 Å². The number of rotatable bonds is 3. The van der Waals surface area contributed by atoms with Crippen LogP contribution < -0.4 is 0 Å². The Kier molecular flexibility index (Phi) is 4.95. The monoisotopic (exact) mass is 261 g/mol. The average molecular weight is 261 g/mol. The normalized spacial score (nSPS) is 19.2. The van der Waals surface area contributed by atoms with Gasteiger partial charge >= 0.3 is 0 Å². The number of aliphatic hydroxyl groups excluding tert-OH is 1. The van der Waals surface area contributed by atoms with Gasteiger partial charge in [0.05, 0.1) is 12.2 Å². The van der Waals surface area contributed by atoms with Crippen LogP contribution in [0.2, 0.25) is 0 Å². The molecule has 0 saturated carbocycles. The SMILES string of the molecule is CC1CCN(Cc2ccc(F)c(C#CCCO)c2)C1. The second kappa shape index (κ2) is 6.70. The van der Waals surface area contributed by atoms with E-state index in [1.54, 1.807) is 0 Å². The summed E-state index contributed by atoms with van der Waals surface area (Å²) in [4.78, 5) is 2.39. The molecule has 1 unspecified atom stereocenters. The van der Waals surface area contributed by atoms with Gasteiger partial charge in [-0.2, -0.15) is 0 Å². The van der Waals surface area contributed by atoms with Crippen LogP contribution in [-0.4, -0.2) is 29.7 Å². The molecule has 1 aliphatic rings.